The molecule has 1 amide bonds. The van der Waals surface area contributed by atoms with Gasteiger partial charge >= 0.3 is 0 Å². The second-order valence-corrected chi connectivity index (χ2v) is 5.08. The molecule has 0 aromatic carbocycles. The molecule has 0 aliphatic rings. The highest BCUT2D eigenvalue weighted by Gasteiger charge is 2.17. The van der Waals surface area contributed by atoms with Gasteiger partial charge in [-0.05, 0) is 6.92 Å². The summed E-state index contributed by atoms with van der Waals surface area (Å²) in [6, 6.07) is -0.319. The Kier molecular flexibility index (Phi) is 3.07. The number of aromatic amines is 1. The van der Waals surface area contributed by atoms with Crippen molar-refractivity contribution in [2.45, 2.75) is 13.0 Å². The quantitative estimate of drug-likeness (QED) is 0.751. The number of carbonyl (C=O) groups is 1. The van der Waals surface area contributed by atoms with Crippen molar-refractivity contribution in [1.82, 2.24) is 24.7 Å². The maximum Gasteiger partial charge on any atom is 0.271 e. The summed E-state index contributed by atoms with van der Waals surface area (Å²) < 4.78 is 1.36. The molecule has 7 nitrogen and oxygen atoms in total. The molecule has 102 valence electrons. The predicted molar refractivity (Wildman–Crippen MR) is 73.8 cm³/mol. The third-order valence-corrected chi connectivity index (χ3v) is 3.64. The highest BCUT2D eigenvalue weighted by molar-refractivity contribution is 7.15. The Labute approximate surface area is 117 Å². The molecule has 0 saturated heterocycles. The fraction of sp³-hybridized carbons (Fsp3) is 0.167. The molecule has 0 fully saturated rings. The molecule has 1 atom stereocenters. The monoisotopic (exact) mass is 289 g/mol. The van der Waals surface area contributed by atoms with E-state index in [1.54, 1.807) is 30.9 Å². The lowest BCUT2D eigenvalue weighted by molar-refractivity contribution is 0.0936. The summed E-state index contributed by atoms with van der Waals surface area (Å²) in [6.45, 7) is 1.78. The van der Waals surface area contributed by atoms with Crippen LogP contribution >= 0.6 is 11.3 Å². The molecule has 3 rings (SSSR count). The number of hydrogen-bond acceptors (Lipinski definition) is 5. The summed E-state index contributed by atoms with van der Waals surface area (Å²) in [5.74, 6) is 0.162. The molecule has 0 aliphatic carbocycles. The molecule has 3 aromatic rings. The van der Waals surface area contributed by atoms with E-state index >= 15 is 0 Å². The summed E-state index contributed by atoms with van der Waals surface area (Å²) in [6.07, 6.45) is 6.18. The summed E-state index contributed by atoms with van der Waals surface area (Å²) in [5, 5.41) is 4.46. The van der Waals surface area contributed by atoms with Crippen molar-refractivity contribution >= 4 is 22.2 Å². The van der Waals surface area contributed by atoms with E-state index in [0.29, 0.717) is 10.8 Å². The van der Waals surface area contributed by atoms with Gasteiger partial charge in [0.25, 0.3) is 11.5 Å². The Morgan fingerprint density at radius 3 is 3.10 bits per heavy atom. The largest absolute Gasteiger partial charge is 0.347 e. The van der Waals surface area contributed by atoms with Gasteiger partial charge in [0.05, 0.1) is 6.04 Å². The number of aromatic nitrogens is 4. The normalized spacial score (nSPS) is 12.4. The van der Waals surface area contributed by atoms with Crippen LogP contribution < -0.4 is 10.9 Å². The fourth-order valence-corrected chi connectivity index (χ4v) is 2.51. The van der Waals surface area contributed by atoms with E-state index < -0.39 is 5.91 Å². The first kappa shape index (κ1) is 12.5. The fourth-order valence-electron chi connectivity index (χ4n) is 1.84. The third kappa shape index (κ3) is 2.10. The zero-order valence-electron chi connectivity index (χ0n) is 10.5. The van der Waals surface area contributed by atoms with Crippen LogP contribution in [0.5, 0.6) is 0 Å². The van der Waals surface area contributed by atoms with E-state index in [9.17, 15) is 9.59 Å². The summed E-state index contributed by atoms with van der Waals surface area (Å²) in [4.78, 5) is 35.9. The minimum atomic E-state index is -0.466. The van der Waals surface area contributed by atoms with Crippen molar-refractivity contribution in [1.29, 1.82) is 0 Å². The van der Waals surface area contributed by atoms with Gasteiger partial charge in [0.2, 0.25) is 0 Å². The van der Waals surface area contributed by atoms with Crippen molar-refractivity contribution in [2.75, 3.05) is 0 Å². The number of nitrogens with one attached hydrogen (secondary N) is 2. The van der Waals surface area contributed by atoms with E-state index in [4.69, 9.17) is 0 Å². The van der Waals surface area contributed by atoms with Gasteiger partial charge in [0, 0.05) is 30.2 Å². The highest BCUT2D eigenvalue weighted by atomic mass is 32.1. The number of thiazole rings is 1. The summed E-state index contributed by atoms with van der Waals surface area (Å²) >= 11 is 1.34. The van der Waals surface area contributed by atoms with Gasteiger partial charge in [-0.1, -0.05) is 0 Å². The van der Waals surface area contributed by atoms with E-state index in [0.717, 1.165) is 0 Å². The Hall–Kier alpha value is -2.48. The molecule has 3 heterocycles. The number of fused-ring (bicyclic) bond motifs is 1. The van der Waals surface area contributed by atoms with Crippen LogP contribution in [0.4, 0.5) is 0 Å². The Bertz CT molecular complexity index is 805. The van der Waals surface area contributed by atoms with Gasteiger partial charge in [-0.25, -0.2) is 9.97 Å². The Morgan fingerprint density at radius 1 is 1.50 bits per heavy atom. The van der Waals surface area contributed by atoms with Gasteiger partial charge < -0.3 is 10.3 Å². The van der Waals surface area contributed by atoms with E-state index in [2.05, 4.69) is 20.3 Å². The number of amides is 1. The maximum atomic E-state index is 12.1. The first-order valence-corrected chi connectivity index (χ1v) is 6.80. The van der Waals surface area contributed by atoms with Crippen LogP contribution in [0.2, 0.25) is 0 Å². The van der Waals surface area contributed by atoms with Crippen molar-refractivity contribution in [3.05, 3.63) is 51.9 Å². The minimum Gasteiger partial charge on any atom is -0.347 e. The molecule has 8 heteroatoms. The van der Waals surface area contributed by atoms with Gasteiger partial charge in [-0.15, -0.1) is 11.3 Å². The lowest BCUT2D eigenvalue weighted by Gasteiger charge is -2.10. The van der Waals surface area contributed by atoms with Crippen LogP contribution in [-0.2, 0) is 0 Å². The smallest absolute Gasteiger partial charge is 0.271 e. The molecule has 0 saturated carbocycles. The lowest BCUT2D eigenvalue weighted by atomic mass is 10.2. The topological polar surface area (TPSA) is 92.2 Å². The molecule has 2 N–H and O–H groups in total. The highest BCUT2D eigenvalue weighted by Crippen LogP contribution is 2.08. The van der Waals surface area contributed by atoms with Crippen molar-refractivity contribution in [3.63, 3.8) is 0 Å². The average molecular weight is 289 g/mol. The number of carbonyl (C=O) groups excluding carboxylic acids is 1. The number of imidazole rings is 1. The molecule has 20 heavy (non-hydrogen) atoms. The number of nitrogens with zero attached hydrogens (tertiary/aromatic N) is 3. The van der Waals surface area contributed by atoms with Gasteiger partial charge in [0.1, 0.15) is 11.4 Å². The van der Waals surface area contributed by atoms with Crippen LogP contribution in [0.15, 0.2) is 35.0 Å². The van der Waals surface area contributed by atoms with Crippen LogP contribution in [0.25, 0.3) is 4.96 Å². The van der Waals surface area contributed by atoms with Crippen LogP contribution in [-0.4, -0.2) is 25.3 Å². The molecule has 1 unspecified atom stereocenters. The first-order chi connectivity index (χ1) is 9.66. The molecule has 0 bridgehead atoms. The van der Waals surface area contributed by atoms with Crippen LogP contribution in [0.1, 0.15) is 29.1 Å². The second-order valence-electron chi connectivity index (χ2n) is 4.20. The summed E-state index contributed by atoms with van der Waals surface area (Å²) in [5.41, 5.74) is -0.361. The van der Waals surface area contributed by atoms with Crippen molar-refractivity contribution in [2.24, 2.45) is 0 Å². The SMILES string of the molecule is CC(NC(=O)c1cnc2sccn2c1=O)c1ncc[nH]1. The molecular formula is C12H11N5O2S. The number of rotatable bonds is 3. The van der Waals surface area contributed by atoms with Crippen molar-refractivity contribution < 1.29 is 4.79 Å². The van der Waals surface area contributed by atoms with Gasteiger partial charge in [-0.2, -0.15) is 0 Å². The predicted octanol–water partition coefficient (Wildman–Crippen LogP) is 0.970. The van der Waals surface area contributed by atoms with Crippen LogP contribution in [0, 0.1) is 0 Å². The molecule has 0 radical (unpaired) electrons. The average Bonchev–Trinajstić information content (AvgIpc) is 3.10. The standard InChI is InChI=1S/C12H11N5O2S/c1-7(9-13-2-3-14-9)16-10(18)8-6-15-12-17(11(8)19)4-5-20-12/h2-7H,1H3,(H,13,14)(H,16,18). The first-order valence-electron chi connectivity index (χ1n) is 5.92. The third-order valence-electron chi connectivity index (χ3n) is 2.86. The Morgan fingerprint density at radius 2 is 2.35 bits per heavy atom. The van der Waals surface area contributed by atoms with Gasteiger partial charge in [-0.3, -0.25) is 14.0 Å². The maximum absolute atomic E-state index is 12.1. The summed E-state index contributed by atoms with van der Waals surface area (Å²) in [7, 11) is 0. The zero-order chi connectivity index (χ0) is 14.1. The van der Waals surface area contributed by atoms with E-state index in [-0.39, 0.29) is 17.2 Å². The zero-order valence-corrected chi connectivity index (χ0v) is 11.3. The van der Waals surface area contributed by atoms with E-state index in [1.165, 1.54) is 21.9 Å². The molecule has 0 aliphatic heterocycles. The molecular weight excluding hydrogens is 278 g/mol. The Balaban J connectivity index is 1.89. The minimum absolute atomic E-state index is 0.0132. The van der Waals surface area contributed by atoms with Crippen LogP contribution in [0.3, 0.4) is 0 Å². The van der Waals surface area contributed by atoms with Crippen molar-refractivity contribution in [3.8, 4) is 0 Å². The number of hydrogen-bond donors (Lipinski definition) is 2. The molecule has 0 spiro atoms. The van der Waals surface area contributed by atoms with Gasteiger partial charge in [0.15, 0.2) is 4.96 Å². The lowest BCUT2D eigenvalue weighted by Crippen LogP contribution is -2.33. The number of H-pyrrole nitrogens is 1. The molecule has 3 aromatic heterocycles. The van der Waals surface area contributed by atoms with E-state index in [1.807, 2.05) is 0 Å². The second kappa shape index (κ2) is 4.89.